The van der Waals surface area contributed by atoms with Crippen LogP contribution in [0, 0.1) is 0 Å². The Morgan fingerprint density at radius 2 is 2.04 bits per heavy atom. The summed E-state index contributed by atoms with van der Waals surface area (Å²) in [5.41, 5.74) is 2.43. The van der Waals surface area contributed by atoms with Crippen LogP contribution in [0.5, 0.6) is 0 Å². The topological polar surface area (TPSA) is 89.2 Å². The Bertz CT molecular complexity index is 1080. The fourth-order valence-corrected chi connectivity index (χ4v) is 5.38. The molecule has 0 radical (unpaired) electrons. The predicted molar refractivity (Wildman–Crippen MR) is 98.0 cm³/mol. The highest BCUT2D eigenvalue weighted by Gasteiger charge is 2.30. The zero-order chi connectivity index (χ0) is 17.7. The molecule has 2 aromatic heterocycles. The zero-order valence-electron chi connectivity index (χ0n) is 14.2. The maximum absolute atomic E-state index is 12.5. The summed E-state index contributed by atoms with van der Waals surface area (Å²) in [4.78, 5) is 1.13. The third kappa shape index (κ3) is 2.93. The Morgan fingerprint density at radius 3 is 2.88 bits per heavy atom. The lowest BCUT2D eigenvalue weighted by atomic mass is 10.1. The average Bonchev–Trinajstić information content (AvgIpc) is 3.04. The van der Waals surface area contributed by atoms with E-state index in [-0.39, 0.29) is 0 Å². The molecular formula is C17H19N5O2S2. The first kappa shape index (κ1) is 16.3. The van der Waals surface area contributed by atoms with Gasteiger partial charge in [0, 0.05) is 18.9 Å². The number of aryl methyl sites for hydroxylation is 2. The third-order valence-electron chi connectivity index (χ3n) is 5.01. The van der Waals surface area contributed by atoms with Gasteiger partial charge in [-0.25, -0.2) is 13.1 Å². The minimum atomic E-state index is -3.49. The van der Waals surface area contributed by atoms with Crippen LogP contribution in [0.4, 0.5) is 0 Å². The first-order valence-corrected chi connectivity index (χ1v) is 11.2. The SMILES string of the molecule is O=S(=O)(NCCc1nn2c(C3CC3)nnc2s1)c1ccc2c(c1)CCC2. The number of nitrogens with one attached hydrogen (secondary N) is 1. The number of hydrogen-bond acceptors (Lipinski definition) is 6. The largest absolute Gasteiger partial charge is 0.240 e. The average molecular weight is 390 g/mol. The van der Waals surface area contributed by atoms with Gasteiger partial charge in [-0.05, 0) is 55.4 Å². The smallest absolute Gasteiger partial charge is 0.211 e. The van der Waals surface area contributed by atoms with Gasteiger partial charge in [0.1, 0.15) is 5.01 Å². The first-order chi connectivity index (χ1) is 12.6. The standard InChI is InChI=1S/C17H19N5O2S2/c23-26(24,14-7-6-11-2-1-3-13(11)10-14)18-9-8-15-21-22-16(12-4-5-12)19-20-17(22)25-15/h6-7,10,12,18H,1-5,8-9H2. The number of hydrogen-bond donors (Lipinski definition) is 1. The van der Waals surface area contributed by atoms with Crippen molar-refractivity contribution in [1.29, 1.82) is 0 Å². The van der Waals surface area contributed by atoms with Crippen molar-refractivity contribution in [3.8, 4) is 0 Å². The molecule has 0 spiro atoms. The number of benzene rings is 1. The molecule has 0 aliphatic heterocycles. The number of aromatic nitrogens is 4. The molecule has 2 aliphatic carbocycles. The Hall–Kier alpha value is -1.84. The highest BCUT2D eigenvalue weighted by Crippen LogP contribution is 2.39. The van der Waals surface area contributed by atoms with Crippen LogP contribution in [0.3, 0.4) is 0 Å². The van der Waals surface area contributed by atoms with Crippen molar-refractivity contribution in [2.45, 2.75) is 49.3 Å². The predicted octanol–water partition coefficient (Wildman–Crippen LogP) is 2.07. The van der Waals surface area contributed by atoms with Gasteiger partial charge < -0.3 is 0 Å². The molecule has 1 aromatic carbocycles. The van der Waals surface area contributed by atoms with E-state index >= 15 is 0 Å². The van der Waals surface area contributed by atoms with Crippen molar-refractivity contribution in [3.05, 3.63) is 40.2 Å². The fourth-order valence-electron chi connectivity index (χ4n) is 3.46. The quantitative estimate of drug-likeness (QED) is 0.697. The van der Waals surface area contributed by atoms with E-state index in [1.165, 1.54) is 16.9 Å². The van der Waals surface area contributed by atoms with Gasteiger partial charge in [0.05, 0.1) is 4.90 Å². The first-order valence-electron chi connectivity index (χ1n) is 8.93. The van der Waals surface area contributed by atoms with Crippen molar-refractivity contribution >= 4 is 26.3 Å². The monoisotopic (exact) mass is 389 g/mol. The third-order valence-corrected chi connectivity index (χ3v) is 7.43. The van der Waals surface area contributed by atoms with Gasteiger partial charge >= 0.3 is 0 Å². The van der Waals surface area contributed by atoms with Crippen molar-refractivity contribution < 1.29 is 8.42 Å². The molecule has 0 amide bonds. The molecule has 5 rings (SSSR count). The molecule has 0 unspecified atom stereocenters. The molecular weight excluding hydrogens is 370 g/mol. The molecule has 1 N–H and O–H groups in total. The molecule has 1 saturated carbocycles. The van der Waals surface area contributed by atoms with Gasteiger partial charge in [-0.2, -0.15) is 9.61 Å². The molecule has 9 heteroatoms. The normalized spacial score (nSPS) is 17.1. The summed E-state index contributed by atoms with van der Waals surface area (Å²) in [6.07, 6.45) is 5.96. The highest BCUT2D eigenvalue weighted by molar-refractivity contribution is 7.89. The molecule has 0 saturated heterocycles. The lowest BCUT2D eigenvalue weighted by molar-refractivity contribution is 0.581. The molecule has 7 nitrogen and oxygen atoms in total. The van der Waals surface area contributed by atoms with Crippen molar-refractivity contribution in [1.82, 2.24) is 24.5 Å². The van der Waals surface area contributed by atoms with Crippen LogP contribution in [-0.2, 0) is 29.3 Å². The second-order valence-corrected chi connectivity index (χ2v) is 9.76. The Morgan fingerprint density at radius 1 is 1.19 bits per heavy atom. The van der Waals surface area contributed by atoms with Crippen LogP contribution in [0.25, 0.3) is 4.96 Å². The maximum Gasteiger partial charge on any atom is 0.240 e. The molecule has 2 heterocycles. The van der Waals surface area contributed by atoms with E-state index in [0.29, 0.717) is 23.8 Å². The van der Waals surface area contributed by atoms with Crippen LogP contribution >= 0.6 is 11.3 Å². The number of rotatable bonds is 6. The molecule has 136 valence electrons. The van der Waals surface area contributed by atoms with Crippen LogP contribution in [0.2, 0.25) is 0 Å². The number of fused-ring (bicyclic) bond motifs is 2. The summed E-state index contributed by atoms with van der Waals surface area (Å²) < 4.78 is 29.6. The molecule has 2 aliphatic rings. The van der Waals surface area contributed by atoms with E-state index in [2.05, 4.69) is 20.0 Å². The minimum absolute atomic E-state index is 0.322. The van der Waals surface area contributed by atoms with Crippen LogP contribution in [0.15, 0.2) is 23.1 Å². The van der Waals surface area contributed by atoms with Crippen LogP contribution in [-0.4, -0.2) is 34.8 Å². The van der Waals surface area contributed by atoms with E-state index in [4.69, 9.17) is 0 Å². The Labute approximate surface area is 155 Å². The van der Waals surface area contributed by atoms with E-state index in [1.807, 2.05) is 16.6 Å². The summed E-state index contributed by atoms with van der Waals surface area (Å²) in [5, 5.41) is 13.8. The van der Waals surface area contributed by atoms with Crippen LogP contribution in [0.1, 0.15) is 47.1 Å². The van der Waals surface area contributed by atoms with Crippen molar-refractivity contribution in [2.75, 3.05) is 6.54 Å². The zero-order valence-corrected chi connectivity index (χ0v) is 15.8. The summed E-state index contributed by atoms with van der Waals surface area (Å²) in [6.45, 7) is 0.322. The maximum atomic E-state index is 12.5. The van der Waals surface area contributed by atoms with Crippen molar-refractivity contribution in [3.63, 3.8) is 0 Å². The summed E-state index contributed by atoms with van der Waals surface area (Å²) in [5.74, 6) is 1.42. The summed E-state index contributed by atoms with van der Waals surface area (Å²) >= 11 is 1.47. The molecule has 26 heavy (non-hydrogen) atoms. The van der Waals surface area contributed by atoms with Gasteiger partial charge in [-0.15, -0.1) is 10.2 Å². The van der Waals surface area contributed by atoms with E-state index in [1.54, 1.807) is 6.07 Å². The highest BCUT2D eigenvalue weighted by atomic mass is 32.2. The van der Waals surface area contributed by atoms with Gasteiger partial charge in [0.2, 0.25) is 15.0 Å². The minimum Gasteiger partial charge on any atom is -0.211 e. The van der Waals surface area contributed by atoms with Gasteiger partial charge in [-0.3, -0.25) is 0 Å². The Kier molecular flexibility index (Phi) is 3.84. The van der Waals surface area contributed by atoms with E-state index < -0.39 is 10.0 Å². The number of sulfonamides is 1. The second-order valence-electron chi connectivity index (χ2n) is 6.95. The van der Waals surface area contributed by atoms with Crippen molar-refractivity contribution in [2.24, 2.45) is 0 Å². The summed E-state index contributed by atoms with van der Waals surface area (Å²) in [6, 6.07) is 5.46. The molecule has 3 aromatic rings. The lowest BCUT2D eigenvalue weighted by Crippen LogP contribution is -2.26. The van der Waals surface area contributed by atoms with E-state index in [9.17, 15) is 8.42 Å². The fraction of sp³-hybridized carbons (Fsp3) is 0.471. The second kappa shape index (κ2) is 6.11. The lowest BCUT2D eigenvalue weighted by Gasteiger charge is -2.07. The molecule has 1 fully saturated rings. The van der Waals surface area contributed by atoms with Gasteiger partial charge in [-0.1, -0.05) is 17.4 Å². The molecule has 0 bridgehead atoms. The number of nitrogens with zero attached hydrogens (tertiary/aromatic N) is 4. The van der Waals surface area contributed by atoms with E-state index in [0.717, 1.165) is 53.5 Å². The summed E-state index contributed by atoms with van der Waals surface area (Å²) in [7, 11) is -3.49. The van der Waals surface area contributed by atoms with Gasteiger partial charge in [0.25, 0.3) is 0 Å². The Balaban J connectivity index is 1.27. The van der Waals surface area contributed by atoms with Crippen LogP contribution < -0.4 is 4.72 Å². The van der Waals surface area contributed by atoms with Gasteiger partial charge in [0.15, 0.2) is 5.82 Å². The molecule has 0 atom stereocenters.